The summed E-state index contributed by atoms with van der Waals surface area (Å²) in [5, 5.41) is 0. The van der Waals surface area contributed by atoms with Crippen molar-refractivity contribution < 1.29 is 13.6 Å². The Bertz CT molecular complexity index is 497. The van der Waals surface area contributed by atoms with E-state index in [4.69, 9.17) is 5.73 Å². The van der Waals surface area contributed by atoms with E-state index in [9.17, 15) is 13.6 Å². The Morgan fingerprint density at radius 2 is 1.68 bits per heavy atom. The maximum absolute atomic E-state index is 13.4. The van der Waals surface area contributed by atoms with E-state index in [0.29, 0.717) is 24.9 Å². The van der Waals surface area contributed by atoms with Crippen LogP contribution in [-0.4, -0.2) is 23.9 Å². The van der Waals surface area contributed by atoms with Crippen molar-refractivity contribution in [3.8, 4) is 0 Å². The Labute approximate surface area is 110 Å². The van der Waals surface area contributed by atoms with Crippen molar-refractivity contribution in [2.24, 2.45) is 11.8 Å². The number of benzene rings is 1. The molecule has 3 rings (SSSR count). The minimum Gasteiger partial charge on any atom is -0.394 e. The van der Waals surface area contributed by atoms with Gasteiger partial charge in [0.2, 0.25) is 0 Å². The van der Waals surface area contributed by atoms with Crippen LogP contribution in [0.25, 0.3) is 0 Å². The van der Waals surface area contributed by atoms with Crippen LogP contribution in [0.2, 0.25) is 0 Å². The first-order valence-electron chi connectivity index (χ1n) is 6.60. The van der Waals surface area contributed by atoms with Gasteiger partial charge in [-0.3, -0.25) is 4.79 Å². The second-order valence-corrected chi connectivity index (χ2v) is 5.51. The van der Waals surface area contributed by atoms with E-state index >= 15 is 0 Å². The van der Waals surface area contributed by atoms with E-state index < -0.39 is 17.3 Å². The fourth-order valence-corrected chi connectivity index (χ4v) is 3.29. The Kier molecular flexibility index (Phi) is 2.92. The predicted octanol–water partition coefficient (Wildman–Crippen LogP) is 2.42. The average molecular weight is 266 g/mol. The van der Waals surface area contributed by atoms with Crippen LogP contribution >= 0.6 is 0 Å². The van der Waals surface area contributed by atoms with E-state index in [2.05, 4.69) is 0 Å². The van der Waals surface area contributed by atoms with Crippen molar-refractivity contribution in [3.05, 3.63) is 29.3 Å². The van der Waals surface area contributed by atoms with Gasteiger partial charge in [-0.25, -0.2) is 8.78 Å². The molecule has 2 aliphatic rings. The van der Waals surface area contributed by atoms with Crippen molar-refractivity contribution in [1.29, 1.82) is 0 Å². The normalized spacial score (nSPS) is 25.7. The molecule has 0 radical (unpaired) electrons. The van der Waals surface area contributed by atoms with Crippen LogP contribution in [0.3, 0.4) is 0 Å². The van der Waals surface area contributed by atoms with Crippen molar-refractivity contribution in [3.63, 3.8) is 0 Å². The number of nitrogen functional groups attached to an aromatic ring is 1. The Morgan fingerprint density at radius 1 is 1.16 bits per heavy atom. The van der Waals surface area contributed by atoms with Crippen LogP contribution in [0.5, 0.6) is 0 Å². The molecular formula is C14H16F2N2O. The van der Waals surface area contributed by atoms with Gasteiger partial charge in [-0.1, -0.05) is 6.42 Å². The summed E-state index contributed by atoms with van der Waals surface area (Å²) in [6, 6.07) is 2.05. The standard InChI is InChI=1S/C14H16F2N2O/c15-11-4-10(5-12(16)13(11)17)14(19)18-6-8-2-1-3-9(8)7-18/h4-5,8-9H,1-3,6-7,17H2. The highest BCUT2D eigenvalue weighted by atomic mass is 19.1. The molecule has 1 aliphatic heterocycles. The molecule has 1 amide bonds. The second-order valence-electron chi connectivity index (χ2n) is 5.51. The minimum atomic E-state index is -0.872. The number of anilines is 1. The summed E-state index contributed by atoms with van der Waals surface area (Å²) in [6.45, 7) is 1.41. The van der Waals surface area contributed by atoms with E-state index in [1.54, 1.807) is 4.90 Å². The van der Waals surface area contributed by atoms with Gasteiger partial charge in [-0.05, 0) is 36.8 Å². The number of likely N-dealkylation sites (tertiary alicyclic amines) is 1. The molecule has 1 heterocycles. The van der Waals surface area contributed by atoms with E-state index in [1.165, 1.54) is 6.42 Å². The number of fused-ring (bicyclic) bond motifs is 1. The molecule has 102 valence electrons. The lowest BCUT2D eigenvalue weighted by Gasteiger charge is -2.17. The van der Waals surface area contributed by atoms with Crippen molar-refractivity contribution in [2.75, 3.05) is 18.8 Å². The quantitative estimate of drug-likeness (QED) is 0.793. The molecule has 1 aromatic carbocycles. The number of halogens is 2. The van der Waals surface area contributed by atoms with Gasteiger partial charge in [0.15, 0.2) is 0 Å². The third-order valence-electron chi connectivity index (χ3n) is 4.34. The maximum atomic E-state index is 13.4. The second kappa shape index (κ2) is 4.47. The summed E-state index contributed by atoms with van der Waals surface area (Å²) in [4.78, 5) is 14.0. The third-order valence-corrected chi connectivity index (χ3v) is 4.34. The molecule has 2 fully saturated rings. The number of nitrogens with zero attached hydrogens (tertiary/aromatic N) is 1. The molecule has 2 unspecified atom stereocenters. The lowest BCUT2D eigenvalue weighted by Crippen LogP contribution is -2.29. The van der Waals surface area contributed by atoms with Gasteiger partial charge in [0.1, 0.15) is 17.3 Å². The van der Waals surface area contributed by atoms with Crippen LogP contribution in [-0.2, 0) is 0 Å². The van der Waals surface area contributed by atoms with Crippen LogP contribution in [0.4, 0.5) is 14.5 Å². The first-order chi connectivity index (χ1) is 9.06. The highest BCUT2D eigenvalue weighted by molar-refractivity contribution is 5.94. The van der Waals surface area contributed by atoms with E-state index in [-0.39, 0.29) is 11.5 Å². The molecule has 19 heavy (non-hydrogen) atoms. The molecule has 3 nitrogen and oxygen atoms in total. The largest absolute Gasteiger partial charge is 0.394 e. The van der Waals surface area contributed by atoms with Crippen LogP contribution in [0.15, 0.2) is 12.1 Å². The summed E-state index contributed by atoms with van der Waals surface area (Å²) >= 11 is 0. The molecule has 1 aliphatic carbocycles. The number of carbonyl (C=O) groups excluding carboxylic acids is 1. The summed E-state index contributed by atoms with van der Waals surface area (Å²) < 4.78 is 26.8. The van der Waals surface area contributed by atoms with Gasteiger partial charge in [0.25, 0.3) is 5.91 Å². The fraction of sp³-hybridized carbons (Fsp3) is 0.500. The summed E-state index contributed by atoms with van der Waals surface area (Å²) in [5.41, 5.74) is 4.72. The molecule has 0 bridgehead atoms. The molecule has 1 saturated carbocycles. The van der Waals surface area contributed by atoms with Gasteiger partial charge in [-0.15, -0.1) is 0 Å². The zero-order chi connectivity index (χ0) is 13.6. The Morgan fingerprint density at radius 3 is 2.21 bits per heavy atom. The van der Waals surface area contributed by atoms with Gasteiger partial charge < -0.3 is 10.6 Å². The van der Waals surface area contributed by atoms with Gasteiger partial charge in [-0.2, -0.15) is 0 Å². The summed E-state index contributed by atoms with van der Waals surface area (Å²) in [7, 11) is 0. The minimum absolute atomic E-state index is 0.0455. The SMILES string of the molecule is Nc1c(F)cc(C(=O)N2CC3CCCC3C2)cc1F. The fourth-order valence-electron chi connectivity index (χ4n) is 3.29. The van der Waals surface area contributed by atoms with E-state index in [1.807, 2.05) is 0 Å². The predicted molar refractivity (Wildman–Crippen MR) is 67.5 cm³/mol. The smallest absolute Gasteiger partial charge is 0.254 e. The monoisotopic (exact) mass is 266 g/mol. The highest BCUT2D eigenvalue weighted by Crippen LogP contribution is 2.38. The highest BCUT2D eigenvalue weighted by Gasteiger charge is 2.38. The lowest BCUT2D eigenvalue weighted by molar-refractivity contribution is 0.0779. The molecule has 5 heteroatoms. The first kappa shape index (κ1) is 12.4. The number of carbonyl (C=O) groups is 1. The lowest BCUT2D eigenvalue weighted by atomic mass is 10.0. The maximum Gasteiger partial charge on any atom is 0.254 e. The zero-order valence-corrected chi connectivity index (χ0v) is 10.5. The summed E-state index contributed by atoms with van der Waals surface area (Å²) in [5.74, 6) is -0.919. The molecule has 0 aromatic heterocycles. The van der Waals surface area contributed by atoms with Crippen LogP contribution in [0, 0.1) is 23.5 Å². The van der Waals surface area contributed by atoms with Gasteiger partial charge >= 0.3 is 0 Å². The third kappa shape index (κ3) is 2.07. The van der Waals surface area contributed by atoms with Crippen molar-refractivity contribution in [2.45, 2.75) is 19.3 Å². The number of nitrogens with two attached hydrogens (primary N) is 1. The van der Waals surface area contributed by atoms with E-state index in [0.717, 1.165) is 25.0 Å². The Balaban J connectivity index is 1.81. The number of amides is 1. The zero-order valence-electron chi connectivity index (χ0n) is 10.5. The van der Waals surface area contributed by atoms with Crippen LogP contribution < -0.4 is 5.73 Å². The molecule has 1 saturated heterocycles. The first-order valence-corrected chi connectivity index (χ1v) is 6.60. The van der Waals surface area contributed by atoms with Gasteiger partial charge in [0.05, 0.1) is 0 Å². The Hall–Kier alpha value is -1.65. The van der Waals surface area contributed by atoms with Gasteiger partial charge in [0, 0.05) is 18.7 Å². The van der Waals surface area contributed by atoms with Crippen molar-refractivity contribution >= 4 is 11.6 Å². The summed E-state index contributed by atoms with van der Waals surface area (Å²) in [6.07, 6.45) is 3.53. The molecule has 0 spiro atoms. The molecule has 2 N–H and O–H groups in total. The number of rotatable bonds is 1. The average Bonchev–Trinajstić information content (AvgIpc) is 2.94. The number of hydrogen-bond acceptors (Lipinski definition) is 2. The van der Waals surface area contributed by atoms with Crippen molar-refractivity contribution in [1.82, 2.24) is 4.90 Å². The topological polar surface area (TPSA) is 46.3 Å². The molecule has 2 atom stereocenters. The molecular weight excluding hydrogens is 250 g/mol. The van der Waals surface area contributed by atoms with Crippen LogP contribution in [0.1, 0.15) is 29.6 Å². The number of hydrogen-bond donors (Lipinski definition) is 1. The molecule has 1 aromatic rings.